The molecule has 1 aliphatic rings. The molecule has 0 fully saturated rings. The van der Waals surface area contributed by atoms with Crippen LogP contribution in [0.5, 0.6) is 5.75 Å². The first kappa shape index (κ1) is 32.9. The molecule has 0 bridgehead atoms. The van der Waals surface area contributed by atoms with Crippen LogP contribution in [0.15, 0.2) is 82.0 Å². The molecule has 2 aromatic carbocycles. The minimum Gasteiger partial charge on any atom is -0.494 e. The number of hydrogen-bond donors (Lipinski definition) is 4. The minimum atomic E-state index is -0.340. The third-order valence-corrected chi connectivity index (χ3v) is 6.61. The first-order valence-electron chi connectivity index (χ1n) is 14.5. The summed E-state index contributed by atoms with van der Waals surface area (Å²) in [5.41, 5.74) is 16.4. The number of carbonyl (C=O) groups is 2. The number of hydrogen-bond acceptors (Lipinski definition) is 7. The van der Waals surface area contributed by atoms with Gasteiger partial charge in [-0.1, -0.05) is 59.4 Å². The fourth-order valence-corrected chi connectivity index (χ4v) is 4.26. The summed E-state index contributed by atoms with van der Waals surface area (Å²) in [5, 5.41) is 6.30. The zero-order valence-corrected chi connectivity index (χ0v) is 25.9. The van der Waals surface area contributed by atoms with Crippen molar-refractivity contribution in [2.24, 2.45) is 33.0 Å². The van der Waals surface area contributed by atoms with Crippen molar-refractivity contribution >= 4 is 23.4 Å². The van der Waals surface area contributed by atoms with Crippen LogP contribution in [0.1, 0.15) is 81.9 Å². The van der Waals surface area contributed by atoms with Crippen LogP contribution >= 0.6 is 0 Å². The summed E-state index contributed by atoms with van der Waals surface area (Å²) in [6, 6.07) is 14.2. The smallest absolute Gasteiger partial charge is 0.279 e. The van der Waals surface area contributed by atoms with Crippen molar-refractivity contribution in [3.05, 3.63) is 88.6 Å². The average molecular weight is 586 g/mol. The Labute approximate surface area is 254 Å². The number of carbonyl (C=O) groups excluding carboxylic acids is 2. The lowest BCUT2D eigenvalue weighted by atomic mass is 9.93. The van der Waals surface area contributed by atoms with Gasteiger partial charge >= 0.3 is 0 Å². The van der Waals surface area contributed by atoms with Gasteiger partial charge < -0.3 is 15.8 Å². The molecule has 0 radical (unpaired) electrons. The molecule has 0 unspecified atom stereocenters. The number of benzene rings is 2. The van der Waals surface area contributed by atoms with Gasteiger partial charge in [-0.05, 0) is 77.9 Å². The molecular formula is C33H43N7O3. The van der Waals surface area contributed by atoms with Gasteiger partial charge in [0.2, 0.25) is 0 Å². The van der Waals surface area contributed by atoms with Crippen molar-refractivity contribution in [3.8, 4) is 5.75 Å². The zero-order valence-electron chi connectivity index (χ0n) is 25.9. The molecule has 3 rings (SSSR count). The molecule has 0 saturated carbocycles. The van der Waals surface area contributed by atoms with Gasteiger partial charge in [0, 0.05) is 11.1 Å². The number of ether oxygens (including phenoxy) is 1. The van der Waals surface area contributed by atoms with Crippen LogP contribution in [0.4, 0.5) is 0 Å². The van der Waals surface area contributed by atoms with Crippen LogP contribution in [0.25, 0.3) is 0 Å². The second kappa shape index (κ2) is 15.0. The number of amides is 2. The van der Waals surface area contributed by atoms with E-state index in [2.05, 4.69) is 48.2 Å². The fraction of sp³-hybridized carbons (Fsp3) is 0.394. The standard InChI is InChI=1S/C33H43N7O3/c1-7-27(23-11-13-25(14-12-23)31(41)36-21-28(34)38-39-35)40-29(10-8-9-22(2)3)37-30(32(40)42)24-15-17-26(18-16-24)43-20-19-33(4,5)6/h9,11-18,22,27,39H,7,19-21,35H2,1-6H3,(H2,34,38)(H,36,41)/t27-/m1/s1. The van der Waals surface area contributed by atoms with Gasteiger partial charge in [0.1, 0.15) is 17.3 Å². The second-order valence-electron chi connectivity index (χ2n) is 11.8. The summed E-state index contributed by atoms with van der Waals surface area (Å²) in [6.45, 7) is 13.3. The first-order chi connectivity index (χ1) is 20.4. The Morgan fingerprint density at radius 2 is 1.81 bits per heavy atom. The first-order valence-corrected chi connectivity index (χ1v) is 14.5. The van der Waals surface area contributed by atoms with Gasteiger partial charge in [0.15, 0.2) is 5.82 Å². The van der Waals surface area contributed by atoms with E-state index >= 15 is 0 Å². The Hall–Kier alpha value is -4.62. The van der Waals surface area contributed by atoms with Gasteiger partial charge in [0.25, 0.3) is 11.8 Å². The van der Waals surface area contributed by atoms with Crippen molar-refractivity contribution in [1.29, 1.82) is 0 Å². The Bertz CT molecular complexity index is 1440. The number of aliphatic imine (C=N–C) groups is 1. The van der Waals surface area contributed by atoms with E-state index in [1.165, 1.54) is 0 Å². The molecule has 1 aliphatic heterocycles. The Morgan fingerprint density at radius 3 is 2.40 bits per heavy atom. The van der Waals surface area contributed by atoms with Crippen LogP contribution in [-0.2, 0) is 4.79 Å². The lowest BCUT2D eigenvalue weighted by Gasteiger charge is -2.27. The number of nitrogens with one attached hydrogen (secondary N) is 2. The predicted molar refractivity (Wildman–Crippen MR) is 170 cm³/mol. The van der Waals surface area contributed by atoms with E-state index in [9.17, 15) is 9.59 Å². The van der Waals surface area contributed by atoms with Crippen LogP contribution < -0.4 is 27.2 Å². The number of nitrogens with zero attached hydrogens (tertiary/aromatic N) is 3. The molecule has 43 heavy (non-hydrogen) atoms. The summed E-state index contributed by atoms with van der Waals surface area (Å²) in [4.78, 5) is 32.8. The normalized spacial score (nSPS) is 14.2. The Morgan fingerprint density at radius 1 is 1.14 bits per heavy atom. The fourth-order valence-electron chi connectivity index (χ4n) is 4.26. The molecule has 1 heterocycles. The number of rotatable bonds is 12. The SMILES string of the molecule is CC[C@H](c1ccc(C(=O)NC/C(N)=N/NN)cc1)N1C(=O)C(c2ccc(OCCC(C)(C)C)cc2)=NC1=C=C=CC(C)C. The van der Waals surface area contributed by atoms with E-state index in [-0.39, 0.29) is 41.6 Å². The third kappa shape index (κ3) is 9.45. The summed E-state index contributed by atoms with van der Waals surface area (Å²) in [7, 11) is 0. The number of amidine groups is 1. The molecule has 1 atom stereocenters. The highest BCUT2D eigenvalue weighted by Crippen LogP contribution is 2.33. The van der Waals surface area contributed by atoms with Crippen molar-refractivity contribution in [3.63, 3.8) is 0 Å². The lowest BCUT2D eigenvalue weighted by Crippen LogP contribution is -2.35. The number of hydrazine groups is 1. The summed E-state index contributed by atoms with van der Waals surface area (Å²) in [5.74, 6) is 6.10. The van der Waals surface area contributed by atoms with E-state index in [0.717, 1.165) is 17.7 Å². The van der Waals surface area contributed by atoms with Gasteiger partial charge in [-0.3, -0.25) is 14.5 Å². The van der Waals surface area contributed by atoms with E-state index in [1.807, 2.05) is 63.2 Å². The average Bonchev–Trinajstić information content (AvgIpc) is 3.27. The molecule has 228 valence electrons. The highest BCUT2D eigenvalue weighted by Gasteiger charge is 2.36. The van der Waals surface area contributed by atoms with E-state index in [0.29, 0.717) is 35.7 Å². The molecule has 0 aromatic heterocycles. The van der Waals surface area contributed by atoms with E-state index < -0.39 is 0 Å². The second-order valence-corrected chi connectivity index (χ2v) is 11.8. The highest BCUT2D eigenvalue weighted by molar-refractivity contribution is 6.47. The van der Waals surface area contributed by atoms with Crippen molar-refractivity contribution < 1.29 is 14.3 Å². The topological polar surface area (TPSA) is 147 Å². The van der Waals surface area contributed by atoms with Crippen molar-refractivity contribution in [1.82, 2.24) is 15.8 Å². The van der Waals surface area contributed by atoms with Crippen molar-refractivity contribution in [2.75, 3.05) is 13.2 Å². The summed E-state index contributed by atoms with van der Waals surface area (Å²) < 4.78 is 5.91. The van der Waals surface area contributed by atoms with Crippen molar-refractivity contribution in [2.45, 2.75) is 60.4 Å². The minimum absolute atomic E-state index is 0.0408. The predicted octanol–water partition coefficient (Wildman–Crippen LogP) is 4.56. The maximum Gasteiger partial charge on any atom is 0.279 e. The highest BCUT2D eigenvalue weighted by atomic mass is 16.5. The van der Waals surface area contributed by atoms with Crippen LogP contribution in [-0.4, -0.2) is 41.4 Å². The van der Waals surface area contributed by atoms with Crippen LogP contribution in [0, 0.1) is 11.3 Å². The van der Waals surface area contributed by atoms with E-state index in [4.69, 9.17) is 21.3 Å². The monoisotopic (exact) mass is 585 g/mol. The quantitative estimate of drug-likeness (QED) is 0.0944. The number of hydrazone groups is 1. The molecule has 10 nitrogen and oxygen atoms in total. The molecule has 6 N–H and O–H groups in total. The van der Waals surface area contributed by atoms with E-state index in [1.54, 1.807) is 17.0 Å². The van der Waals surface area contributed by atoms with Gasteiger partial charge in [-0.25, -0.2) is 16.4 Å². The molecule has 0 saturated heterocycles. The van der Waals surface area contributed by atoms with Crippen LogP contribution in [0.3, 0.4) is 0 Å². The molecule has 0 spiro atoms. The zero-order chi connectivity index (χ0) is 31.6. The number of allylic oxidation sites excluding steroid dienone is 1. The summed E-state index contributed by atoms with van der Waals surface area (Å²) in [6.07, 6.45) is 3.42. The summed E-state index contributed by atoms with van der Waals surface area (Å²) >= 11 is 0. The maximum absolute atomic E-state index is 13.9. The largest absolute Gasteiger partial charge is 0.494 e. The Balaban J connectivity index is 1.87. The molecule has 0 aliphatic carbocycles. The molecule has 2 amide bonds. The molecule has 10 heteroatoms. The maximum atomic E-state index is 13.9. The lowest BCUT2D eigenvalue weighted by molar-refractivity contribution is -0.123. The molecule has 2 aromatic rings. The van der Waals surface area contributed by atoms with Gasteiger partial charge in [-0.15, -0.1) is 0 Å². The molecular weight excluding hydrogens is 542 g/mol. The van der Waals surface area contributed by atoms with Crippen LogP contribution in [0.2, 0.25) is 0 Å². The van der Waals surface area contributed by atoms with Gasteiger partial charge in [0.05, 0.1) is 19.2 Å². The van der Waals surface area contributed by atoms with Gasteiger partial charge in [-0.2, -0.15) is 5.10 Å². The number of nitrogens with two attached hydrogens (primary N) is 2. The third-order valence-electron chi connectivity index (χ3n) is 6.61. The Kier molecular flexibility index (Phi) is 11.5.